The van der Waals surface area contributed by atoms with Gasteiger partial charge >= 0.3 is 0 Å². The van der Waals surface area contributed by atoms with E-state index in [0.717, 1.165) is 11.1 Å². The molecule has 0 unspecified atom stereocenters. The van der Waals surface area contributed by atoms with Crippen molar-refractivity contribution in [3.05, 3.63) is 54.1 Å². The molecule has 0 fully saturated rings. The van der Waals surface area contributed by atoms with Gasteiger partial charge in [0.15, 0.2) is 0 Å². The Hall–Kier alpha value is -3.31. The Morgan fingerprint density at radius 1 is 0.906 bits per heavy atom. The quantitative estimate of drug-likeness (QED) is 0.168. The van der Waals surface area contributed by atoms with Crippen molar-refractivity contribution in [3.8, 4) is 11.1 Å². The predicted octanol–water partition coefficient (Wildman–Crippen LogP) is 0.546. The highest BCUT2D eigenvalue weighted by Gasteiger charge is 2.26. The minimum atomic E-state index is -1.69. The summed E-state index contributed by atoms with van der Waals surface area (Å²) in [5, 5.41) is 23.1. The minimum absolute atomic E-state index is 0.230. The van der Waals surface area contributed by atoms with Crippen LogP contribution >= 0.6 is 0 Å². The number of amides is 3. The number of hydroxylamine groups is 1. The van der Waals surface area contributed by atoms with Gasteiger partial charge in [-0.15, -0.1) is 0 Å². The summed E-state index contributed by atoms with van der Waals surface area (Å²) < 4.78 is 0. The van der Waals surface area contributed by atoms with Crippen molar-refractivity contribution < 1.29 is 24.7 Å². The highest BCUT2D eigenvalue weighted by molar-refractivity contribution is 5.98. The fourth-order valence-electron chi connectivity index (χ4n) is 3.01. The third-order valence-electron chi connectivity index (χ3n) is 4.72. The van der Waals surface area contributed by atoms with Crippen LogP contribution in [0.4, 0.5) is 5.69 Å². The topological polar surface area (TPSA) is 180 Å². The van der Waals surface area contributed by atoms with Crippen LogP contribution in [0.5, 0.6) is 0 Å². The second-order valence-electron chi connectivity index (χ2n) is 7.80. The summed E-state index contributed by atoms with van der Waals surface area (Å²) in [4.78, 5) is 35.9. The molecule has 2 rings (SSSR count). The van der Waals surface area contributed by atoms with Gasteiger partial charge in [-0.25, -0.2) is 5.48 Å². The summed E-state index contributed by atoms with van der Waals surface area (Å²) in [5.74, 6) is -1.60. The van der Waals surface area contributed by atoms with E-state index < -0.39 is 30.1 Å². The zero-order valence-electron chi connectivity index (χ0n) is 17.9. The zero-order valence-corrected chi connectivity index (χ0v) is 17.9. The van der Waals surface area contributed by atoms with Crippen LogP contribution in [0.25, 0.3) is 11.1 Å². The van der Waals surface area contributed by atoms with Crippen molar-refractivity contribution in [1.82, 2.24) is 10.8 Å². The van der Waals surface area contributed by atoms with Gasteiger partial charge in [-0.3, -0.25) is 19.6 Å². The van der Waals surface area contributed by atoms with Crippen molar-refractivity contribution in [2.45, 2.75) is 38.6 Å². The van der Waals surface area contributed by atoms with E-state index in [1.165, 1.54) is 5.48 Å². The number of carbonyl (C=O) groups is 3. The first-order valence-electron chi connectivity index (χ1n) is 10.1. The number of nitrogens with one attached hydrogen (secondary N) is 3. The molecule has 10 nitrogen and oxygen atoms in total. The van der Waals surface area contributed by atoms with Crippen molar-refractivity contribution in [1.29, 1.82) is 0 Å². The molecule has 0 saturated carbocycles. The van der Waals surface area contributed by atoms with Crippen LogP contribution in [0, 0.1) is 5.92 Å². The highest BCUT2D eigenvalue weighted by atomic mass is 16.5. The van der Waals surface area contributed by atoms with Gasteiger partial charge in [-0.1, -0.05) is 38.1 Å². The number of hydrogen-bond acceptors (Lipinski definition) is 7. The van der Waals surface area contributed by atoms with Crippen LogP contribution < -0.4 is 27.6 Å². The molecule has 0 aromatic heterocycles. The second kappa shape index (κ2) is 11.3. The van der Waals surface area contributed by atoms with E-state index in [2.05, 4.69) is 10.6 Å². The lowest BCUT2D eigenvalue weighted by Crippen LogP contribution is -2.55. The number of rotatable bonds is 9. The van der Waals surface area contributed by atoms with E-state index in [4.69, 9.17) is 16.7 Å². The first-order chi connectivity index (χ1) is 15.1. The number of carbonyl (C=O) groups excluding carboxylic acids is 3. The molecule has 9 N–H and O–H groups in total. The third-order valence-corrected chi connectivity index (χ3v) is 4.72. The second-order valence-corrected chi connectivity index (χ2v) is 7.80. The molecular formula is C22H29N5O5. The minimum Gasteiger partial charge on any atom is -0.376 e. The van der Waals surface area contributed by atoms with E-state index >= 15 is 0 Å². The smallest absolute Gasteiger partial charge is 0.270 e. The molecule has 0 saturated heterocycles. The maximum atomic E-state index is 12.3. The zero-order chi connectivity index (χ0) is 23.8. The summed E-state index contributed by atoms with van der Waals surface area (Å²) in [7, 11) is 0. The normalized spacial score (nSPS) is 13.7. The van der Waals surface area contributed by atoms with Crippen LogP contribution in [0.1, 0.15) is 30.6 Å². The van der Waals surface area contributed by atoms with Crippen molar-refractivity contribution in [3.63, 3.8) is 0 Å². The van der Waals surface area contributed by atoms with Gasteiger partial charge in [-0.2, -0.15) is 0 Å². The first-order valence-corrected chi connectivity index (χ1v) is 10.1. The predicted molar refractivity (Wildman–Crippen MR) is 119 cm³/mol. The number of hydrogen-bond donors (Lipinski definition) is 7. The van der Waals surface area contributed by atoms with Crippen LogP contribution in [0.15, 0.2) is 48.5 Å². The van der Waals surface area contributed by atoms with Gasteiger partial charge in [-0.05, 0) is 47.7 Å². The molecule has 0 aliphatic heterocycles. The fourth-order valence-corrected chi connectivity index (χ4v) is 3.01. The average Bonchev–Trinajstić information content (AvgIpc) is 2.76. The molecule has 2 aromatic rings. The maximum Gasteiger partial charge on any atom is 0.270 e. The van der Waals surface area contributed by atoms with Crippen molar-refractivity contribution >= 4 is 23.4 Å². The van der Waals surface area contributed by atoms with Gasteiger partial charge < -0.3 is 27.2 Å². The van der Waals surface area contributed by atoms with Gasteiger partial charge in [0.1, 0.15) is 12.3 Å². The standard InChI is InChI=1S/C22H29N5O5/c1-12(2)11-17(23)21(30)25-16-9-7-14(8-10-16)13-3-5-15(6-4-13)20(29)26-18(19(24)28)22(31)27-32/h3-10,12,17-19,28,32H,11,23-24H2,1-2H3,(H,25,30)(H,26,29)(H,27,31)/t17-,18-,19-/m0/s1. The Morgan fingerprint density at radius 3 is 1.91 bits per heavy atom. The summed E-state index contributed by atoms with van der Waals surface area (Å²) in [6.07, 6.45) is -1.09. The number of anilines is 1. The van der Waals surface area contributed by atoms with E-state index in [9.17, 15) is 19.5 Å². The number of aliphatic hydroxyl groups excluding tert-OH is 1. The van der Waals surface area contributed by atoms with Crippen LogP contribution in [-0.2, 0) is 9.59 Å². The largest absolute Gasteiger partial charge is 0.376 e. The molecule has 0 aliphatic carbocycles. The SMILES string of the molecule is CC(C)C[C@H](N)C(=O)Nc1ccc(-c2ccc(C(=O)N[C@H](C(=O)NO)[C@@H](N)O)cc2)cc1. The van der Waals surface area contributed by atoms with E-state index in [0.29, 0.717) is 18.0 Å². The molecular weight excluding hydrogens is 414 g/mol. The summed E-state index contributed by atoms with van der Waals surface area (Å²) >= 11 is 0. The van der Waals surface area contributed by atoms with Crippen LogP contribution in [0.2, 0.25) is 0 Å². The lowest BCUT2D eigenvalue weighted by Gasteiger charge is -2.19. The Labute approximate surface area is 185 Å². The lowest BCUT2D eigenvalue weighted by molar-refractivity contribution is -0.133. The van der Waals surface area contributed by atoms with Crippen molar-refractivity contribution in [2.24, 2.45) is 17.4 Å². The highest BCUT2D eigenvalue weighted by Crippen LogP contribution is 2.22. The molecule has 0 bridgehead atoms. The molecule has 32 heavy (non-hydrogen) atoms. The number of nitrogens with two attached hydrogens (primary N) is 2. The van der Waals surface area contributed by atoms with Gasteiger partial charge in [0.25, 0.3) is 11.8 Å². The molecule has 0 aliphatic rings. The number of benzene rings is 2. The van der Waals surface area contributed by atoms with Gasteiger partial charge in [0.2, 0.25) is 5.91 Å². The maximum absolute atomic E-state index is 12.3. The summed E-state index contributed by atoms with van der Waals surface area (Å²) in [5.41, 5.74) is 15.0. The Balaban J connectivity index is 2.04. The van der Waals surface area contributed by atoms with E-state index in [-0.39, 0.29) is 11.5 Å². The van der Waals surface area contributed by atoms with Gasteiger partial charge in [0.05, 0.1) is 6.04 Å². The Morgan fingerprint density at radius 2 is 1.44 bits per heavy atom. The summed E-state index contributed by atoms with van der Waals surface area (Å²) in [6.45, 7) is 4.01. The molecule has 2 aromatic carbocycles. The third kappa shape index (κ3) is 6.86. The van der Waals surface area contributed by atoms with E-state index in [1.807, 2.05) is 26.0 Å². The van der Waals surface area contributed by atoms with Gasteiger partial charge in [0, 0.05) is 11.3 Å². The molecule has 0 radical (unpaired) electrons. The molecule has 3 atom stereocenters. The summed E-state index contributed by atoms with van der Waals surface area (Å²) in [6, 6.07) is 11.6. The van der Waals surface area contributed by atoms with Crippen molar-refractivity contribution in [2.75, 3.05) is 5.32 Å². The lowest BCUT2D eigenvalue weighted by atomic mass is 10.0. The molecule has 10 heteroatoms. The number of aliphatic hydroxyl groups is 1. The molecule has 172 valence electrons. The van der Waals surface area contributed by atoms with Crippen LogP contribution in [0.3, 0.4) is 0 Å². The molecule has 0 spiro atoms. The fraction of sp³-hybridized carbons (Fsp3) is 0.318. The molecule has 0 heterocycles. The average molecular weight is 444 g/mol. The Kier molecular flexibility index (Phi) is 8.85. The Bertz CT molecular complexity index is 929. The molecule has 3 amide bonds. The first kappa shape index (κ1) is 25.0. The van der Waals surface area contributed by atoms with Crippen LogP contribution in [-0.4, -0.2) is 46.3 Å². The van der Waals surface area contributed by atoms with E-state index in [1.54, 1.807) is 36.4 Å². The monoisotopic (exact) mass is 443 g/mol.